The maximum atomic E-state index is 12.9. The number of aromatic nitrogens is 2. The lowest BCUT2D eigenvalue weighted by Gasteiger charge is -2.57. The predicted octanol–water partition coefficient (Wildman–Crippen LogP) is -2.05. The summed E-state index contributed by atoms with van der Waals surface area (Å²) < 4.78 is 12.0. The summed E-state index contributed by atoms with van der Waals surface area (Å²) >= 11 is 0. The smallest absolute Gasteiger partial charge is 0.271 e. The van der Waals surface area contributed by atoms with Crippen LogP contribution in [0.25, 0.3) is 0 Å². The molecule has 17 heteroatoms. The third-order valence-electron chi connectivity index (χ3n) is 7.17. The molecule has 3 rings (SSSR count). The molecule has 0 radical (unpaired) electrons. The number of hydrogen-bond acceptors (Lipinski definition) is 14. The minimum atomic E-state index is -3.77. The number of nitro groups is 1. The van der Waals surface area contributed by atoms with Crippen molar-refractivity contribution in [3.8, 4) is 5.88 Å². The number of imidazole rings is 1. The molecule has 0 spiro atoms. The lowest BCUT2D eigenvalue weighted by Crippen LogP contribution is -2.87. The Kier molecular flexibility index (Phi) is 8.49. The van der Waals surface area contributed by atoms with Gasteiger partial charge in [-0.25, -0.2) is 4.98 Å². The highest BCUT2D eigenvalue weighted by Gasteiger charge is 2.80. The van der Waals surface area contributed by atoms with Gasteiger partial charge in [-0.15, -0.1) is 0 Å². The minimum Gasteiger partial charge on any atom is -0.442 e. The summed E-state index contributed by atoms with van der Waals surface area (Å²) in [6.45, 7) is 2.62. The molecule has 1 aliphatic heterocycles. The number of non-ortho nitro benzene ring substituents is 1. The van der Waals surface area contributed by atoms with E-state index >= 15 is 0 Å². The lowest BCUT2D eigenvalue weighted by atomic mass is 9.60. The Hall–Kier alpha value is -4.42. The molecule has 2 heterocycles. The quantitative estimate of drug-likeness (QED) is 0.139. The number of nitro benzene ring substituents is 1. The van der Waals surface area contributed by atoms with Gasteiger partial charge in [0, 0.05) is 18.7 Å². The molecule has 0 bridgehead atoms. The molecule has 226 valence electrons. The second-order valence-electron chi connectivity index (χ2n) is 9.79. The van der Waals surface area contributed by atoms with Crippen LogP contribution >= 0.6 is 0 Å². The van der Waals surface area contributed by atoms with Crippen molar-refractivity contribution in [3.63, 3.8) is 0 Å². The van der Waals surface area contributed by atoms with Crippen LogP contribution in [0.1, 0.15) is 43.7 Å². The fourth-order valence-electron chi connectivity index (χ4n) is 4.88. The van der Waals surface area contributed by atoms with Gasteiger partial charge in [-0.2, -0.15) is 0 Å². The van der Waals surface area contributed by atoms with Crippen LogP contribution in [0.2, 0.25) is 0 Å². The summed E-state index contributed by atoms with van der Waals surface area (Å²) in [5.74, 6) is -7.49. The number of hydrogen-bond donors (Lipinski definition) is 5. The number of rotatable bonds is 11. The molecule has 1 aliphatic rings. The molecule has 1 saturated heterocycles. The van der Waals surface area contributed by atoms with Crippen LogP contribution in [0.3, 0.4) is 0 Å². The topological polar surface area (TPSA) is 272 Å². The van der Waals surface area contributed by atoms with E-state index in [0.29, 0.717) is 26.3 Å². The predicted molar refractivity (Wildman–Crippen MR) is 136 cm³/mol. The second-order valence-corrected chi connectivity index (χ2v) is 9.79. The molecule has 1 fully saturated rings. The monoisotopic (exact) mass is 592 g/mol. The van der Waals surface area contributed by atoms with Gasteiger partial charge in [-0.3, -0.25) is 34.1 Å². The van der Waals surface area contributed by atoms with Crippen molar-refractivity contribution in [1.82, 2.24) is 9.55 Å². The molecule has 1 unspecified atom stereocenters. The van der Waals surface area contributed by atoms with Crippen LogP contribution in [-0.4, -0.2) is 99.2 Å². The Morgan fingerprint density at radius 3 is 2.02 bits per heavy atom. The van der Waals surface area contributed by atoms with Gasteiger partial charge in [-0.1, -0.05) is 12.1 Å². The number of nitrogens with zero attached hydrogens (tertiary/aromatic N) is 3. The zero-order valence-electron chi connectivity index (χ0n) is 22.7. The number of carbonyl (C=O) groups excluding carboxylic acids is 5. The molecule has 0 saturated carbocycles. The highest BCUT2D eigenvalue weighted by atomic mass is 16.7. The number of amides is 1. The van der Waals surface area contributed by atoms with E-state index < -0.39 is 80.8 Å². The lowest BCUT2D eigenvalue weighted by molar-refractivity contribution is -0.384. The number of Topliss-reactive ketones (excluding diaryl/α,β-unsaturated/α-hetero) is 4. The number of carbonyl (C=O) groups is 5. The van der Waals surface area contributed by atoms with Crippen molar-refractivity contribution in [1.29, 1.82) is 0 Å². The molecule has 1 aromatic heterocycles. The second kappa shape index (κ2) is 11.1. The molecule has 6 N–H and O–H groups in total. The van der Waals surface area contributed by atoms with E-state index in [4.69, 9.17) is 15.2 Å². The summed E-state index contributed by atoms with van der Waals surface area (Å²) in [6, 6.07) is 5.17. The van der Waals surface area contributed by atoms with Gasteiger partial charge < -0.3 is 40.2 Å². The molecule has 1 aromatic carbocycles. The fraction of sp³-hybridized carbons (Fsp3) is 0.440. The fourth-order valence-corrected chi connectivity index (χ4v) is 4.88. The molecule has 17 nitrogen and oxygen atoms in total. The SMILES string of the molecule is CC(=O)C(O)[C@H]1O[C@@H](Oc2ncn(Cc3ccc([N+](=O)[O-])cc3)c2C(N)=O)[C@@](O)(C(C)=O)[C@](O)(C(C)=O)[C@@]1(O)C(C)=O. The van der Waals surface area contributed by atoms with E-state index in [9.17, 15) is 54.5 Å². The number of aliphatic hydroxyl groups excluding tert-OH is 1. The van der Waals surface area contributed by atoms with Crippen molar-refractivity contribution in [2.45, 2.75) is 69.5 Å². The van der Waals surface area contributed by atoms with Gasteiger partial charge in [0.2, 0.25) is 23.4 Å². The zero-order chi connectivity index (χ0) is 31.9. The molecular formula is C25H28N4O13. The van der Waals surface area contributed by atoms with Crippen LogP contribution in [0.15, 0.2) is 30.6 Å². The maximum Gasteiger partial charge on any atom is 0.271 e. The highest BCUT2D eigenvalue weighted by Crippen LogP contribution is 2.48. The molecular weight excluding hydrogens is 564 g/mol. The number of ether oxygens (including phenoxy) is 2. The van der Waals surface area contributed by atoms with Crippen LogP contribution in [-0.2, 0) is 30.5 Å². The Morgan fingerprint density at radius 2 is 1.60 bits per heavy atom. The van der Waals surface area contributed by atoms with Crippen LogP contribution in [0.4, 0.5) is 5.69 Å². The van der Waals surface area contributed by atoms with Gasteiger partial charge in [0.25, 0.3) is 11.6 Å². The number of nitrogens with two attached hydrogens (primary N) is 1. The van der Waals surface area contributed by atoms with Crippen molar-refractivity contribution in [2.75, 3.05) is 0 Å². The summed E-state index contributed by atoms with van der Waals surface area (Å²) in [4.78, 5) is 77.1. The molecule has 6 atom stereocenters. The summed E-state index contributed by atoms with van der Waals surface area (Å²) in [7, 11) is 0. The zero-order valence-corrected chi connectivity index (χ0v) is 22.7. The Morgan fingerprint density at radius 1 is 1.05 bits per heavy atom. The van der Waals surface area contributed by atoms with E-state index in [1.807, 2.05) is 0 Å². The first-order valence-electron chi connectivity index (χ1n) is 12.1. The third kappa shape index (κ3) is 4.76. The summed E-state index contributed by atoms with van der Waals surface area (Å²) in [5, 5.41) is 56.0. The number of benzene rings is 1. The van der Waals surface area contributed by atoms with E-state index in [1.54, 1.807) is 0 Å². The van der Waals surface area contributed by atoms with Crippen molar-refractivity contribution >= 4 is 34.7 Å². The van der Waals surface area contributed by atoms with E-state index in [-0.39, 0.29) is 12.2 Å². The van der Waals surface area contributed by atoms with Gasteiger partial charge in [-0.05, 0) is 33.3 Å². The Labute approximate surface area is 236 Å². The van der Waals surface area contributed by atoms with E-state index in [0.717, 1.165) is 17.8 Å². The number of ketones is 4. The molecule has 42 heavy (non-hydrogen) atoms. The number of primary amides is 1. The van der Waals surface area contributed by atoms with E-state index in [1.165, 1.54) is 24.3 Å². The Balaban J connectivity index is 2.18. The first-order chi connectivity index (χ1) is 19.3. The highest BCUT2D eigenvalue weighted by molar-refractivity contribution is 6.05. The van der Waals surface area contributed by atoms with Crippen LogP contribution in [0.5, 0.6) is 5.88 Å². The third-order valence-corrected chi connectivity index (χ3v) is 7.17. The number of aliphatic hydroxyl groups is 4. The van der Waals surface area contributed by atoms with E-state index in [2.05, 4.69) is 4.98 Å². The van der Waals surface area contributed by atoms with Gasteiger partial charge >= 0.3 is 0 Å². The van der Waals surface area contributed by atoms with Gasteiger partial charge in [0.1, 0.15) is 12.2 Å². The average molecular weight is 593 g/mol. The normalized spacial score (nSPS) is 28.0. The van der Waals surface area contributed by atoms with Gasteiger partial charge in [0.05, 0.1) is 11.3 Å². The van der Waals surface area contributed by atoms with Crippen molar-refractivity contribution in [3.05, 3.63) is 52.0 Å². The first-order valence-corrected chi connectivity index (χ1v) is 12.1. The van der Waals surface area contributed by atoms with Gasteiger partial charge in [0.15, 0.2) is 34.4 Å². The summed E-state index contributed by atoms with van der Waals surface area (Å²) in [6.07, 6.45) is -6.44. The molecule has 1 amide bonds. The minimum absolute atomic E-state index is 0.151. The largest absolute Gasteiger partial charge is 0.442 e. The first kappa shape index (κ1) is 32.1. The van der Waals surface area contributed by atoms with Crippen LogP contribution in [0, 0.1) is 10.1 Å². The van der Waals surface area contributed by atoms with Crippen molar-refractivity contribution in [2.24, 2.45) is 5.73 Å². The summed E-state index contributed by atoms with van der Waals surface area (Å²) in [5.41, 5.74) is -5.71. The van der Waals surface area contributed by atoms with Crippen molar-refractivity contribution < 1.29 is 58.8 Å². The molecule has 2 aromatic rings. The Bertz CT molecular complexity index is 1470. The van der Waals surface area contributed by atoms with Crippen LogP contribution < -0.4 is 10.5 Å². The molecule has 0 aliphatic carbocycles. The average Bonchev–Trinajstić information content (AvgIpc) is 3.30. The maximum absolute atomic E-state index is 12.9. The standard InChI is InChI=1S/C25H28N4O13/c1-11(30)18(34)19-23(36,12(2)31)25(38,14(4)33)24(37,13(3)32)22(41-19)42-21-17(20(26)35)28(10-27-21)9-15-5-7-16(8-6-15)29(39)40/h5-8,10,18-19,22,34,36-38H,9H2,1-4H3,(H2,26,35)/t18?,19-,22+,23-,24+,25+/m1/s1.